The molecule has 1 aliphatic rings. The Labute approximate surface area is 187 Å². The second-order valence-corrected chi connectivity index (χ2v) is 9.82. The van der Waals surface area contributed by atoms with Gasteiger partial charge in [-0.1, -0.05) is 15.9 Å². The number of nitro groups is 1. The molecule has 0 atom stereocenters. The molecule has 0 unspecified atom stereocenters. The predicted octanol–water partition coefficient (Wildman–Crippen LogP) is 2.93. The van der Waals surface area contributed by atoms with Gasteiger partial charge in [-0.3, -0.25) is 19.7 Å². The van der Waals surface area contributed by atoms with Crippen LogP contribution >= 0.6 is 15.9 Å². The zero-order chi connectivity index (χ0) is 22.6. The molecule has 11 heteroatoms. The molecule has 164 valence electrons. The highest BCUT2D eigenvalue weighted by Gasteiger charge is 2.29. The molecule has 9 nitrogen and oxygen atoms in total. The first-order valence-corrected chi connectivity index (χ1v) is 11.8. The van der Waals surface area contributed by atoms with Gasteiger partial charge < -0.3 is 10.2 Å². The maximum atomic E-state index is 12.9. The highest BCUT2D eigenvalue weighted by atomic mass is 79.9. The number of likely N-dealkylation sites (tertiary alicyclic amines) is 1. The van der Waals surface area contributed by atoms with Crippen molar-refractivity contribution in [1.82, 2.24) is 10.2 Å². The highest BCUT2D eigenvalue weighted by molar-refractivity contribution is 9.10. The van der Waals surface area contributed by atoms with E-state index in [-0.39, 0.29) is 22.9 Å². The molecule has 3 rings (SSSR count). The molecular formula is C20H20BrN3O6S. The van der Waals surface area contributed by atoms with Crippen LogP contribution in [0, 0.1) is 10.1 Å². The third kappa shape index (κ3) is 5.28. The summed E-state index contributed by atoms with van der Waals surface area (Å²) in [4.78, 5) is 35.8. The summed E-state index contributed by atoms with van der Waals surface area (Å²) in [6.07, 6.45) is 1.94. The molecule has 0 aromatic heterocycles. The second-order valence-electron chi connectivity index (χ2n) is 6.99. The van der Waals surface area contributed by atoms with E-state index in [4.69, 9.17) is 0 Å². The second kappa shape index (κ2) is 9.56. The number of sulfone groups is 1. The van der Waals surface area contributed by atoms with Gasteiger partial charge >= 0.3 is 0 Å². The third-order valence-electron chi connectivity index (χ3n) is 4.89. The molecule has 0 bridgehead atoms. The quantitative estimate of drug-likeness (QED) is 0.331. The Bertz CT molecular complexity index is 1120. The van der Waals surface area contributed by atoms with Crippen LogP contribution in [0.4, 0.5) is 5.69 Å². The van der Waals surface area contributed by atoms with Gasteiger partial charge in [0.25, 0.3) is 11.6 Å². The minimum atomic E-state index is -4.14. The Morgan fingerprint density at radius 2 is 1.90 bits per heavy atom. The minimum Gasteiger partial charge on any atom is -0.352 e. The monoisotopic (exact) mass is 509 g/mol. The van der Waals surface area contributed by atoms with E-state index in [0.29, 0.717) is 30.4 Å². The number of carbonyl (C=O) groups is 2. The molecule has 31 heavy (non-hydrogen) atoms. The maximum Gasteiger partial charge on any atom is 0.289 e. The number of amides is 2. The van der Waals surface area contributed by atoms with Gasteiger partial charge in [-0.25, -0.2) is 8.42 Å². The van der Waals surface area contributed by atoms with Crippen LogP contribution in [0.15, 0.2) is 56.7 Å². The van der Waals surface area contributed by atoms with Gasteiger partial charge in [-0.05, 0) is 49.2 Å². The van der Waals surface area contributed by atoms with Crippen LogP contribution in [0.2, 0.25) is 0 Å². The number of nitro benzene ring substituents is 1. The van der Waals surface area contributed by atoms with Crippen LogP contribution in [0.5, 0.6) is 0 Å². The van der Waals surface area contributed by atoms with Crippen LogP contribution in [0.3, 0.4) is 0 Å². The van der Waals surface area contributed by atoms with Crippen molar-refractivity contribution in [3.8, 4) is 0 Å². The first-order valence-electron chi connectivity index (χ1n) is 9.55. The summed E-state index contributed by atoms with van der Waals surface area (Å²) < 4.78 is 26.4. The Hall–Kier alpha value is -2.79. The van der Waals surface area contributed by atoms with E-state index < -0.39 is 31.3 Å². The molecule has 0 aliphatic carbocycles. The van der Waals surface area contributed by atoms with Crippen molar-refractivity contribution >= 4 is 43.3 Å². The van der Waals surface area contributed by atoms with Crippen LogP contribution in [-0.2, 0) is 14.6 Å². The zero-order valence-corrected chi connectivity index (χ0v) is 18.8. The van der Waals surface area contributed by atoms with E-state index in [9.17, 15) is 28.1 Å². The van der Waals surface area contributed by atoms with Crippen LogP contribution in [-0.4, -0.2) is 49.7 Å². The predicted molar refractivity (Wildman–Crippen MR) is 115 cm³/mol. The zero-order valence-electron chi connectivity index (χ0n) is 16.4. The van der Waals surface area contributed by atoms with E-state index >= 15 is 0 Å². The molecule has 2 aromatic rings. The van der Waals surface area contributed by atoms with Crippen LogP contribution in [0.25, 0.3) is 0 Å². The first kappa shape index (κ1) is 22.9. The lowest BCUT2D eigenvalue weighted by Gasteiger charge is -2.15. The van der Waals surface area contributed by atoms with Gasteiger partial charge in [-0.2, -0.15) is 0 Å². The molecule has 1 heterocycles. The van der Waals surface area contributed by atoms with Gasteiger partial charge in [0, 0.05) is 42.2 Å². The van der Waals surface area contributed by atoms with Crippen molar-refractivity contribution < 1.29 is 22.9 Å². The largest absolute Gasteiger partial charge is 0.352 e. The van der Waals surface area contributed by atoms with E-state index in [0.717, 1.165) is 18.6 Å². The maximum absolute atomic E-state index is 12.9. The number of hydrogen-bond acceptors (Lipinski definition) is 6. The molecule has 1 saturated heterocycles. The number of benzene rings is 2. The number of hydrogen-bond donors (Lipinski definition) is 1. The van der Waals surface area contributed by atoms with E-state index in [1.165, 1.54) is 30.3 Å². The molecule has 2 amide bonds. The van der Waals surface area contributed by atoms with Crippen LogP contribution < -0.4 is 5.32 Å². The van der Waals surface area contributed by atoms with Gasteiger partial charge in [-0.15, -0.1) is 0 Å². The standard InChI is InChI=1S/C20H20BrN3O6S/c21-15-5-7-16(8-6-15)31(29,30)18-9-4-14(13-17(18)24(27)28)20(26)22-10-2-12-23-11-1-3-19(23)25/h4-9,13H,1-3,10-12H2,(H,22,26). The SMILES string of the molecule is O=C(NCCCN1CCCC1=O)c1ccc(S(=O)(=O)c2ccc(Br)cc2)c([N+](=O)[O-])c1. The molecule has 1 aliphatic heterocycles. The fraction of sp³-hybridized carbons (Fsp3) is 0.300. The topological polar surface area (TPSA) is 127 Å². The number of carbonyl (C=O) groups excluding carboxylic acids is 2. The van der Waals surface area contributed by atoms with Crippen molar-refractivity contribution in [2.75, 3.05) is 19.6 Å². The smallest absolute Gasteiger partial charge is 0.289 e. The number of nitrogens with zero attached hydrogens (tertiary/aromatic N) is 2. The Kier molecular flexibility index (Phi) is 7.06. The van der Waals surface area contributed by atoms with Crippen molar-refractivity contribution in [1.29, 1.82) is 0 Å². The number of halogens is 1. The van der Waals surface area contributed by atoms with Crippen molar-refractivity contribution in [2.24, 2.45) is 0 Å². The van der Waals surface area contributed by atoms with Crippen molar-refractivity contribution in [2.45, 2.75) is 29.1 Å². The molecule has 1 N–H and O–H groups in total. The highest BCUT2D eigenvalue weighted by Crippen LogP contribution is 2.31. The molecule has 1 fully saturated rings. The Balaban J connectivity index is 1.73. The first-order chi connectivity index (χ1) is 14.7. The van der Waals surface area contributed by atoms with Crippen LogP contribution in [0.1, 0.15) is 29.6 Å². The summed E-state index contributed by atoms with van der Waals surface area (Å²) in [6, 6.07) is 9.02. The summed E-state index contributed by atoms with van der Waals surface area (Å²) >= 11 is 3.21. The fourth-order valence-electron chi connectivity index (χ4n) is 3.28. The molecule has 0 radical (unpaired) electrons. The third-order valence-corrected chi connectivity index (χ3v) is 7.24. The summed E-state index contributed by atoms with van der Waals surface area (Å²) in [5.41, 5.74) is -0.683. The molecule has 0 saturated carbocycles. The Morgan fingerprint density at radius 3 is 2.52 bits per heavy atom. The van der Waals surface area contributed by atoms with Gasteiger partial charge in [0.15, 0.2) is 0 Å². The lowest BCUT2D eigenvalue weighted by molar-refractivity contribution is -0.387. The van der Waals surface area contributed by atoms with Gasteiger partial charge in [0.05, 0.1) is 9.82 Å². The summed E-state index contributed by atoms with van der Waals surface area (Å²) in [7, 11) is -4.14. The van der Waals surface area contributed by atoms with Gasteiger partial charge in [0.2, 0.25) is 15.7 Å². The molecule has 2 aromatic carbocycles. The van der Waals surface area contributed by atoms with Crippen molar-refractivity contribution in [3.05, 3.63) is 62.6 Å². The number of nitrogens with one attached hydrogen (secondary N) is 1. The minimum absolute atomic E-state index is 0.0151. The van der Waals surface area contributed by atoms with E-state index in [2.05, 4.69) is 21.2 Å². The summed E-state index contributed by atoms with van der Waals surface area (Å²) in [5.74, 6) is -0.451. The summed E-state index contributed by atoms with van der Waals surface area (Å²) in [5, 5.41) is 14.2. The normalized spacial score (nSPS) is 14.0. The summed E-state index contributed by atoms with van der Waals surface area (Å²) in [6.45, 7) is 1.53. The number of rotatable bonds is 8. The average molecular weight is 510 g/mol. The van der Waals surface area contributed by atoms with Gasteiger partial charge in [0.1, 0.15) is 4.90 Å². The Morgan fingerprint density at radius 1 is 1.19 bits per heavy atom. The van der Waals surface area contributed by atoms with E-state index in [1.54, 1.807) is 4.90 Å². The van der Waals surface area contributed by atoms with E-state index in [1.807, 2.05) is 0 Å². The fourth-order valence-corrected chi connectivity index (χ4v) is 4.95. The van der Waals surface area contributed by atoms with Crippen molar-refractivity contribution in [3.63, 3.8) is 0 Å². The lowest BCUT2D eigenvalue weighted by Crippen LogP contribution is -2.30. The average Bonchev–Trinajstić information content (AvgIpc) is 3.15. The molecular weight excluding hydrogens is 490 g/mol. The molecule has 0 spiro atoms. The lowest BCUT2D eigenvalue weighted by atomic mass is 10.2.